The summed E-state index contributed by atoms with van der Waals surface area (Å²) in [5.74, 6) is 0.201. The van der Waals surface area contributed by atoms with E-state index in [0.29, 0.717) is 46.4 Å². The maximum Gasteiger partial charge on any atom is 0.274 e. The average Bonchev–Trinajstić information content (AvgIpc) is 3.50. The van der Waals surface area contributed by atoms with Gasteiger partial charge in [-0.1, -0.05) is 24.3 Å². The van der Waals surface area contributed by atoms with Crippen molar-refractivity contribution in [2.45, 2.75) is 5.92 Å². The number of phenolic OH excluding ortho intramolecular Hbond substituents is 1. The molecule has 9 heteroatoms. The van der Waals surface area contributed by atoms with Crippen molar-refractivity contribution >= 4 is 62.3 Å². The minimum atomic E-state index is -0.313. The quantitative estimate of drug-likeness (QED) is 0.194. The van der Waals surface area contributed by atoms with Gasteiger partial charge in [-0.15, -0.1) is 11.6 Å². The number of hydrogen-bond donors (Lipinski definition) is 4. The van der Waals surface area contributed by atoms with Crippen molar-refractivity contribution in [3.8, 4) is 5.75 Å². The standard InChI is InChI=1S/C28H22ClN5O3/c29-12-17-14-34(23-11-24(35)19-3-1-2-4-20(19)26(17)23)28(37)21-9-16-10-25(31-13-22(16)32-21)33-27(36)15-5-7-18(30)8-6-15/h1-11,13,17,32,35H,12,14,30H2,(H,31,33,36). The van der Waals surface area contributed by atoms with E-state index >= 15 is 0 Å². The number of fused-ring (bicyclic) bond motifs is 4. The van der Waals surface area contributed by atoms with Crippen LogP contribution in [0.1, 0.15) is 32.3 Å². The third-order valence-corrected chi connectivity index (χ3v) is 7.10. The van der Waals surface area contributed by atoms with E-state index in [9.17, 15) is 14.7 Å². The number of anilines is 3. The van der Waals surface area contributed by atoms with Gasteiger partial charge in [0.25, 0.3) is 11.8 Å². The molecule has 8 nitrogen and oxygen atoms in total. The number of benzene rings is 3. The second kappa shape index (κ2) is 8.83. The molecule has 0 saturated heterocycles. The lowest BCUT2D eigenvalue weighted by atomic mass is 9.95. The van der Waals surface area contributed by atoms with Gasteiger partial charge < -0.3 is 26.0 Å². The molecule has 1 aliphatic rings. The number of nitrogen functional groups attached to an aromatic ring is 1. The Morgan fingerprint density at radius 2 is 1.86 bits per heavy atom. The molecule has 0 spiro atoms. The Kier molecular flexibility index (Phi) is 5.46. The van der Waals surface area contributed by atoms with Crippen LogP contribution in [0.2, 0.25) is 0 Å². The molecule has 0 radical (unpaired) electrons. The number of aromatic nitrogens is 2. The predicted molar refractivity (Wildman–Crippen MR) is 146 cm³/mol. The van der Waals surface area contributed by atoms with Crippen molar-refractivity contribution in [2.24, 2.45) is 0 Å². The zero-order valence-electron chi connectivity index (χ0n) is 19.5. The summed E-state index contributed by atoms with van der Waals surface area (Å²) in [6.07, 6.45) is 1.57. The molecule has 2 aromatic heterocycles. The predicted octanol–water partition coefficient (Wildman–Crippen LogP) is 5.24. The van der Waals surface area contributed by atoms with Crippen LogP contribution in [0.3, 0.4) is 0 Å². The van der Waals surface area contributed by atoms with Crippen molar-refractivity contribution in [1.29, 1.82) is 0 Å². The second-order valence-electron chi connectivity index (χ2n) is 9.06. The summed E-state index contributed by atoms with van der Waals surface area (Å²) in [5, 5.41) is 15.8. The van der Waals surface area contributed by atoms with Gasteiger partial charge >= 0.3 is 0 Å². The maximum absolute atomic E-state index is 13.6. The van der Waals surface area contributed by atoms with Crippen LogP contribution in [-0.2, 0) is 0 Å². The summed E-state index contributed by atoms with van der Waals surface area (Å²) in [5.41, 5.74) is 9.36. The number of amides is 2. The van der Waals surface area contributed by atoms with Crippen LogP contribution in [-0.4, -0.2) is 39.3 Å². The Balaban J connectivity index is 1.31. The van der Waals surface area contributed by atoms with Crippen molar-refractivity contribution in [3.63, 3.8) is 0 Å². The van der Waals surface area contributed by atoms with Crippen LogP contribution in [0.15, 0.2) is 72.9 Å². The molecular weight excluding hydrogens is 490 g/mol. The fourth-order valence-electron chi connectivity index (χ4n) is 4.93. The van der Waals surface area contributed by atoms with Crippen molar-refractivity contribution in [3.05, 3.63) is 89.7 Å². The van der Waals surface area contributed by atoms with E-state index in [4.69, 9.17) is 17.3 Å². The summed E-state index contributed by atoms with van der Waals surface area (Å²) in [4.78, 5) is 35.3. The van der Waals surface area contributed by atoms with E-state index in [1.54, 1.807) is 53.6 Å². The van der Waals surface area contributed by atoms with Crippen LogP contribution >= 0.6 is 11.6 Å². The molecule has 5 N–H and O–H groups in total. The van der Waals surface area contributed by atoms with Gasteiger partial charge in [0.05, 0.1) is 17.4 Å². The Morgan fingerprint density at radius 3 is 2.62 bits per heavy atom. The number of carbonyl (C=O) groups is 2. The Labute approximate surface area is 216 Å². The summed E-state index contributed by atoms with van der Waals surface area (Å²) in [6.45, 7) is 0.404. The van der Waals surface area contributed by atoms with E-state index in [2.05, 4.69) is 15.3 Å². The minimum Gasteiger partial charge on any atom is -0.507 e. The molecule has 37 heavy (non-hydrogen) atoms. The lowest BCUT2D eigenvalue weighted by Gasteiger charge is -2.17. The van der Waals surface area contributed by atoms with Gasteiger partial charge in [-0.05, 0) is 47.3 Å². The number of nitrogens with two attached hydrogens (primary N) is 1. The number of rotatable bonds is 4. The fourth-order valence-corrected chi connectivity index (χ4v) is 5.18. The van der Waals surface area contributed by atoms with E-state index in [-0.39, 0.29) is 23.5 Å². The van der Waals surface area contributed by atoms with E-state index in [1.165, 1.54) is 0 Å². The highest BCUT2D eigenvalue weighted by Gasteiger charge is 2.35. The SMILES string of the molecule is Nc1ccc(C(=O)Nc2cc3cc(C(=O)N4CC(CCl)c5c4cc(O)c4ccccc54)[nH]c3cn2)cc1. The number of phenols is 1. The number of carbonyl (C=O) groups excluding carboxylic acids is 2. The first kappa shape index (κ1) is 22.9. The molecule has 0 saturated carbocycles. The van der Waals surface area contributed by atoms with Crippen LogP contribution in [0.4, 0.5) is 17.2 Å². The average molecular weight is 512 g/mol. The number of alkyl halides is 1. The zero-order chi connectivity index (χ0) is 25.7. The lowest BCUT2D eigenvalue weighted by Crippen LogP contribution is -2.30. The smallest absolute Gasteiger partial charge is 0.274 e. The largest absolute Gasteiger partial charge is 0.507 e. The summed E-state index contributed by atoms with van der Waals surface area (Å²) in [7, 11) is 0. The minimum absolute atomic E-state index is 0.0627. The van der Waals surface area contributed by atoms with Gasteiger partial charge in [-0.25, -0.2) is 4.98 Å². The van der Waals surface area contributed by atoms with Crippen molar-refractivity contribution < 1.29 is 14.7 Å². The van der Waals surface area contributed by atoms with Gasteiger partial charge in [0, 0.05) is 46.4 Å². The molecule has 1 unspecified atom stereocenters. The number of hydrogen-bond acceptors (Lipinski definition) is 5. The molecule has 0 fully saturated rings. The summed E-state index contributed by atoms with van der Waals surface area (Å²) < 4.78 is 0. The number of nitrogens with one attached hydrogen (secondary N) is 2. The third-order valence-electron chi connectivity index (χ3n) is 6.73. The Morgan fingerprint density at radius 1 is 1.11 bits per heavy atom. The molecule has 6 rings (SSSR count). The molecule has 1 atom stereocenters. The molecule has 0 bridgehead atoms. The molecular formula is C28H22ClN5O3. The molecule has 0 aliphatic carbocycles. The lowest BCUT2D eigenvalue weighted by molar-refractivity contribution is 0.0983. The summed E-state index contributed by atoms with van der Waals surface area (Å²) in [6, 6.07) is 19.2. The van der Waals surface area contributed by atoms with Crippen molar-refractivity contribution in [2.75, 3.05) is 28.4 Å². The first-order valence-electron chi connectivity index (χ1n) is 11.7. The first-order valence-corrected chi connectivity index (χ1v) is 12.2. The topological polar surface area (TPSA) is 124 Å². The number of pyridine rings is 1. The fraction of sp³-hybridized carbons (Fsp3) is 0.107. The molecule has 184 valence electrons. The van der Waals surface area contributed by atoms with Gasteiger partial charge in [0.15, 0.2) is 0 Å². The number of H-pyrrole nitrogens is 1. The normalized spacial score (nSPS) is 14.7. The highest BCUT2D eigenvalue weighted by atomic mass is 35.5. The second-order valence-corrected chi connectivity index (χ2v) is 9.37. The van der Waals surface area contributed by atoms with Gasteiger partial charge in [0.1, 0.15) is 17.3 Å². The Hall–Kier alpha value is -4.56. The van der Waals surface area contributed by atoms with Crippen LogP contribution < -0.4 is 16.0 Å². The molecule has 3 aromatic carbocycles. The van der Waals surface area contributed by atoms with E-state index < -0.39 is 0 Å². The molecule has 5 aromatic rings. The zero-order valence-corrected chi connectivity index (χ0v) is 20.3. The van der Waals surface area contributed by atoms with Crippen LogP contribution in [0.5, 0.6) is 5.75 Å². The van der Waals surface area contributed by atoms with Crippen LogP contribution in [0.25, 0.3) is 21.7 Å². The van der Waals surface area contributed by atoms with E-state index in [1.807, 2.05) is 24.3 Å². The molecule has 1 aliphatic heterocycles. The number of halogens is 1. The van der Waals surface area contributed by atoms with Crippen molar-refractivity contribution in [1.82, 2.24) is 9.97 Å². The van der Waals surface area contributed by atoms with Gasteiger partial charge in [-0.3, -0.25) is 9.59 Å². The maximum atomic E-state index is 13.6. The number of aromatic amines is 1. The Bertz CT molecular complexity index is 1700. The monoisotopic (exact) mass is 511 g/mol. The molecule has 3 heterocycles. The first-order chi connectivity index (χ1) is 17.9. The molecule has 2 amide bonds. The van der Waals surface area contributed by atoms with Gasteiger partial charge in [-0.2, -0.15) is 0 Å². The number of aromatic hydroxyl groups is 1. The van der Waals surface area contributed by atoms with Gasteiger partial charge in [0.2, 0.25) is 0 Å². The highest BCUT2D eigenvalue weighted by molar-refractivity contribution is 6.19. The summed E-state index contributed by atoms with van der Waals surface area (Å²) >= 11 is 6.31. The van der Waals surface area contributed by atoms with E-state index in [0.717, 1.165) is 21.7 Å². The third kappa shape index (κ3) is 3.91. The highest BCUT2D eigenvalue weighted by Crippen LogP contribution is 2.45. The van der Waals surface area contributed by atoms with Crippen LogP contribution in [0, 0.1) is 0 Å². The number of nitrogens with zero attached hydrogens (tertiary/aromatic N) is 2.